The van der Waals surface area contributed by atoms with Crippen LogP contribution in [0.4, 0.5) is 0 Å². The third kappa shape index (κ3) is 2.27. The summed E-state index contributed by atoms with van der Waals surface area (Å²) in [6.07, 6.45) is 3.86. The van der Waals surface area contributed by atoms with Crippen molar-refractivity contribution in [1.82, 2.24) is 4.90 Å². The van der Waals surface area contributed by atoms with E-state index in [1.54, 1.807) is 0 Å². The van der Waals surface area contributed by atoms with Crippen molar-refractivity contribution in [3.8, 4) is 0 Å². The Bertz CT molecular complexity index is 491. The highest BCUT2D eigenvalue weighted by Gasteiger charge is 2.42. The van der Waals surface area contributed by atoms with E-state index in [1.165, 1.54) is 11.1 Å². The molecule has 1 saturated heterocycles. The van der Waals surface area contributed by atoms with Gasteiger partial charge in [0, 0.05) is 19.0 Å². The van der Waals surface area contributed by atoms with E-state index in [0.717, 1.165) is 38.8 Å². The summed E-state index contributed by atoms with van der Waals surface area (Å²) in [7, 11) is 0. The van der Waals surface area contributed by atoms with Crippen LogP contribution < -0.4 is 5.73 Å². The van der Waals surface area contributed by atoms with Gasteiger partial charge >= 0.3 is 0 Å². The second-order valence-electron chi connectivity index (χ2n) is 6.12. The number of carbonyl (C=O) groups excluding carboxylic acids is 1. The summed E-state index contributed by atoms with van der Waals surface area (Å²) in [6, 6.07) is 8.49. The van der Waals surface area contributed by atoms with E-state index in [4.69, 9.17) is 5.73 Å². The molecule has 1 amide bonds. The molecule has 3 rings (SSSR count). The van der Waals surface area contributed by atoms with Crippen LogP contribution in [0.1, 0.15) is 30.9 Å². The van der Waals surface area contributed by atoms with Crippen LogP contribution in [0.2, 0.25) is 0 Å². The van der Waals surface area contributed by atoms with Crippen LogP contribution in [0.25, 0.3) is 0 Å². The van der Waals surface area contributed by atoms with Crippen LogP contribution in [-0.2, 0) is 17.6 Å². The SMILES string of the molecule is CCC1(N)CN(C(=O)C2CCc3ccccc3C2)C1. The van der Waals surface area contributed by atoms with Crippen molar-refractivity contribution in [1.29, 1.82) is 0 Å². The predicted molar refractivity (Wildman–Crippen MR) is 75.7 cm³/mol. The van der Waals surface area contributed by atoms with E-state index >= 15 is 0 Å². The van der Waals surface area contributed by atoms with Gasteiger partial charge in [-0.3, -0.25) is 4.79 Å². The molecule has 0 saturated carbocycles. The lowest BCUT2D eigenvalue weighted by atomic mass is 9.81. The Hall–Kier alpha value is -1.35. The lowest BCUT2D eigenvalue weighted by molar-refractivity contribution is -0.143. The highest BCUT2D eigenvalue weighted by molar-refractivity contribution is 5.80. The van der Waals surface area contributed by atoms with Gasteiger partial charge in [0.25, 0.3) is 0 Å². The summed E-state index contributed by atoms with van der Waals surface area (Å²) in [6.45, 7) is 3.57. The van der Waals surface area contributed by atoms with Gasteiger partial charge in [-0.2, -0.15) is 0 Å². The number of nitrogens with two attached hydrogens (primary N) is 1. The van der Waals surface area contributed by atoms with E-state index in [2.05, 4.69) is 31.2 Å². The Labute approximate surface area is 114 Å². The molecule has 2 N–H and O–H groups in total. The highest BCUT2D eigenvalue weighted by Crippen LogP contribution is 2.30. The molecule has 19 heavy (non-hydrogen) atoms. The molecule has 3 nitrogen and oxygen atoms in total. The quantitative estimate of drug-likeness (QED) is 0.878. The Morgan fingerprint density at radius 3 is 2.74 bits per heavy atom. The minimum atomic E-state index is -0.123. The summed E-state index contributed by atoms with van der Waals surface area (Å²) in [5.74, 6) is 0.473. The van der Waals surface area contributed by atoms with Gasteiger partial charge in [0.05, 0.1) is 5.54 Å². The molecule has 1 aliphatic carbocycles. The molecule has 0 radical (unpaired) electrons. The second-order valence-corrected chi connectivity index (χ2v) is 6.12. The summed E-state index contributed by atoms with van der Waals surface area (Å²) >= 11 is 0. The predicted octanol–water partition coefficient (Wildman–Crippen LogP) is 1.74. The number of benzene rings is 1. The average molecular weight is 258 g/mol. The lowest BCUT2D eigenvalue weighted by Crippen LogP contribution is -2.69. The van der Waals surface area contributed by atoms with Crippen LogP contribution in [0.5, 0.6) is 0 Å². The molecular formula is C16H22N2O. The maximum Gasteiger partial charge on any atom is 0.226 e. The van der Waals surface area contributed by atoms with Gasteiger partial charge in [0.15, 0.2) is 0 Å². The normalized spacial score (nSPS) is 24.5. The fourth-order valence-electron chi connectivity index (χ4n) is 3.26. The molecule has 2 aliphatic rings. The molecule has 3 heteroatoms. The maximum absolute atomic E-state index is 12.5. The van der Waals surface area contributed by atoms with Gasteiger partial charge in [-0.15, -0.1) is 0 Å². The molecular weight excluding hydrogens is 236 g/mol. The zero-order valence-corrected chi connectivity index (χ0v) is 11.6. The Kier molecular flexibility index (Phi) is 3.09. The molecule has 1 heterocycles. The van der Waals surface area contributed by atoms with Crippen molar-refractivity contribution >= 4 is 5.91 Å². The molecule has 1 aromatic carbocycles. The zero-order chi connectivity index (χ0) is 13.5. The molecule has 1 atom stereocenters. The third-order valence-electron chi connectivity index (χ3n) is 4.72. The number of amides is 1. The first-order valence-electron chi connectivity index (χ1n) is 7.26. The Morgan fingerprint density at radius 1 is 1.37 bits per heavy atom. The van der Waals surface area contributed by atoms with E-state index in [1.807, 2.05) is 4.90 Å². The number of aryl methyl sites for hydroxylation is 1. The van der Waals surface area contributed by atoms with E-state index < -0.39 is 0 Å². The summed E-state index contributed by atoms with van der Waals surface area (Å²) in [5, 5.41) is 0. The van der Waals surface area contributed by atoms with Crippen molar-refractivity contribution in [3.63, 3.8) is 0 Å². The van der Waals surface area contributed by atoms with Gasteiger partial charge in [-0.25, -0.2) is 0 Å². The molecule has 102 valence electrons. The number of hydrogen-bond acceptors (Lipinski definition) is 2. The van der Waals surface area contributed by atoms with Gasteiger partial charge in [0.2, 0.25) is 5.91 Å². The van der Waals surface area contributed by atoms with E-state index in [9.17, 15) is 4.79 Å². The highest BCUT2D eigenvalue weighted by atomic mass is 16.2. The van der Waals surface area contributed by atoms with Gasteiger partial charge in [-0.1, -0.05) is 31.2 Å². The van der Waals surface area contributed by atoms with E-state index in [0.29, 0.717) is 5.91 Å². The van der Waals surface area contributed by atoms with E-state index in [-0.39, 0.29) is 11.5 Å². The third-order valence-corrected chi connectivity index (χ3v) is 4.72. The van der Waals surface area contributed by atoms with Crippen molar-refractivity contribution in [2.24, 2.45) is 11.7 Å². The number of likely N-dealkylation sites (tertiary alicyclic amines) is 1. The van der Waals surface area contributed by atoms with Gasteiger partial charge in [-0.05, 0) is 36.8 Å². The smallest absolute Gasteiger partial charge is 0.226 e. The molecule has 1 aliphatic heterocycles. The van der Waals surface area contributed by atoms with Crippen LogP contribution in [0, 0.1) is 5.92 Å². The Morgan fingerprint density at radius 2 is 2.05 bits per heavy atom. The molecule has 1 unspecified atom stereocenters. The standard InChI is InChI=1S/C16H22N2O/c1-2-16(17)10-18(11-16)15(19)14-8-7-12-5-3-4-6-13(12)9-14/h3-6,14H,2,7-11,17H2,1H3. The van der Waals surface area contributed by atoms with Gasteiger partial charge in [0.1, 0.15) is 0 Å². The number of fused-ring (bicyclic) bond motifs is 1. The first kappa shape index (κ1) is 12.7. The molecule has 0 bridgehead atoms. The van der Waals surface area contributed by atoms with Crippen LogP contribution in [0.3, 0.4) is 0 Å². The summed E-state index contributed by atoms with van der Waals surface area (Å²) in [5.41, 5.74) is 8.78. The molecule has 1 fully saturated rings. The summed E-state index contributed by atoms with van der Waals surface area (Å²) < 4.78 is 0. The topological polar surface area (TPSA) is 46.3 Å². The minimum Gasteiger partial charge on any atom is -0.339 e. The number of nitrogens with zero attached hydrogens (tertiary/aromatic N) is 1. The molecule has 0 spiro atoms. The van der Waals surface area contributed by atoms with Crippen molar-refractivity contribution in [2.75, 3.05) is 13.1 Å². The minimum absolute atomic E-state index is 0.123. The largest absolute Gasteiger partial charge is 0.339 e. The molecule has 0 aromatic heterocycles. The van der Waals surface area contributed by atoms with Crippen LogP contribution in [-0.4, -0.2) is 29.4 Å². The fraction of sp³-hybridized carbons (Fsp3) is 0.562. The van der Waals surface area contributed by atoms with Crippen molar-refractivity contribution < 1.29 is 4.79 Å². The Balaban J connectivity index is 1.64. The van der Waals surface area contributed by atoms with Gasteiger partial charge < -0.3 is 10.6 Å². The number of carbonyl (C=O) groups is 1. The second kappa shape index (κ2) is 4.64. The van der Waals surface area contributed by atoms with Crippen molar-refractivity contribution in [2.45, 2.75) is 38.1 Å². The monoisotopic (exact) mass is 258 g/mol. The molecule has 1 aromatic rings. The fourth-order valence-corrected chi connectivity index (χ4v) is 3.26. The van der Waals surface area contributed by atoms with Crippen LogP contribution >= 0.6 is 0 Å². The first-order chi connectivity index (χ1) is 9.11. The number of hydrogen-bond donors (Lipinski definition) is 1. The lowest BCUT2D eigenvalue weighted by Gasteiger charge is -2.48. The zero-order valence-electron chi connectivity index (χ0n) is 11.6. The van der Waals surface area contributed by atoms with Crippen molar-refractivity contribution in [3.05, 3.63) is 35.4 Å². The first-order valence-corrected chi connectivity index (χ1v) is 7.26. The average Bonchev–Trinajstić information content (AvgIpc) is 2.42. The maximum atomic E-state index is 12.5. The summed E-state index contributed by atoms with van der Waals surface area (Å²) in [4.78, 5) is 14.4. The van der Waals surface area contributed by atoms with Crippen LogP contribution in [0.15, 0.2) is 24.3 Å². The number of rotatable bonds is 2.